The van der Waals surface area contributed by atoms with Gasteiger partial charge in [-0.25, -0.2) is 0 Å². The number of thiocarbonyl (C=S) groups is 1. The van der Waals surface area contributed by atoms with E-state index in [1.165, 1.54) is 16.7 Å². The molecule has 0 spiro atoms. The zero-order valence-electron chi connectivity index (χ0n) is 7.23. The summed E-state index contributed by atoms with van der Waals surface area (Å²) in [6, 6.07) is 6.32. The molecule has 0 unspecified atom stereocenters. The monoisotopic (exact) mass is 198 g/mol. The molecule has 12 heavy (non-hydrogen) atoms. The van der Waals surface area contributed by atoms with Crippen molar-refractivity contribution in [3.63, 3.8) is 0 Å². The molecule has 0 aromatic heterocycles. The van der Waals surface area contributed by atoms with Crippen LogP contribution in [0.5, 0.6) is 0 Å². The molecule has 0 N–H and O–H groups in total. The normalized spacial score (nSPS) is 9.92. The predicted molar refractivity (Wildman–Crippen MR) is 58.1 cm³/mol. The molecule has 0 nitrogen and oxygen atoms in total. The van der Waals surface area contributed by atoms with E-state index in [4.69, 9.17) is 23.8 Å². The summed E-state index contributed by atoms with van der Waals surface area (Å²) in [7, 11) is 0. The molecule has 1 aromatic rings. The summed E-state index contributed by atoms with van der Waals surface area (Å²) in [5.41, 5.74) is 3.74. The van der Waals surface area contributed by atoms with E-state index in [1.807, 2.05) is 0 Å². The van der Waals surface area contributed by atoms with Crippen molar-refractivity contribution in [1.82, 2.24) is 0 Å². The van der Waals surface area contributed by atoms with Gasteiger partial charge in [0.05, 0.1) is 4.32 Å². The fraction of sp³-hybridized carbons (Fsp3) is 0.300. The number of hydrogen-bond acceptors (Lipinski definition) is 1. The van der Waals surface area contributed by atoms with E-state index >= 15 is 0 Å². The average Bonchev–Trinajstić information content (AvgIpc) is 1.96. The molecular formula is C10H11ClS. The second kappa shape index (κ2) is 4.01. The van der Waals surface area contributed by atoms with Gasteiger partial charge in [0.1, 0.15) is 0 Å². The van der Waals surface area contributed by atoms with Gasteiger partial charge in [0.25, 0.3) is 0 Å². The van der Waals surface area contributed by atoms with E-state index in [1.54, 1.807) is 0 Å². The first-order valence-corrected chi connectivity index (χ1v) is 4.62. The van der Waals surface area contributed by atoms with Crippen LogP contribution in [-0.4, -0.2) is 4.32 Å². The standard InChI is InChI=1S/C10H11ClS/c1-7-3-4-8(2)9(5-7)6-10(11)12/h3-5H,6H2,1-2H3. The van der Waals surface area contributed by atoms with Crippen LogP contribution in [0, 0.1) is 13.8 Å². The molecule has 0 amide bonds. The lowest BCUT2D eigenvalue weighted by Crippen LogP contribution is -1.94. The van der Waals surface area contributed by atoms with Crippen molar-refractivity contribution in [2.24, 2.45) is 0 Å². The van der Waals surface area contributed by atoms with E-state index in [-0.39, 0.29) is 0 Å². The van der Waals surface area contributed by atoms with Crippen molar-refractivity contribution < 1.29 is 0 Å². The largest absolute Gasteiger partial charge is 0.0852 e. The molecular weight excluding hydrogens is 188 g/mol. The Hall–Kier alpha value is -0.400. The Balaban J connectivity index is 2.97. The summed E-state index contributed by atoms with van der Waals surface area (Å²) >= 11 is 10.5. The van der Waals surface area contributed by atoms with Crippen LogP contribution < -0.4 is 0 Å². The molecule has 0 saturated heterocycles. The molecule has 0 fully saturated rings. The Morgan fingerprint density at radius 2 is 2.08 bits per heavy atom. The average molecular weight is 199 g/mol. The molecule has 2 heteroatoms. The molecule has 0 aliphatic carbocycles. The van der Waals surface area contributed by atoms with Gasteiger partial charge in [-0.05, 0) is 25.0 Å². The van der Waals surface area contributed by atoms with E-state index in [2.05, 4.69) is 32.0 Å². The summed E-state index contributed by atoms with van der Waals surface area (Å²) in [6.07, 6.45) is 0.699. The smallest absolute Gasteiger partial charge is 0.0761 e. The van der Waals surface area contributed by atoms with Crippen LogP contribution in [0.2, 0.25) is 0 Å². The van der Waals surface area contributed by atoms with Crippen LogP contribution in [-0.2, 0) is 6.42 Å². The molecule has 0 saturated carbocycles. The Bertz CT molecular complexity index is 305. The zero-order valence-corrected chi connectivity index (χ0v) is 8.80. The summed E-state index contributed by atoms with van der Waals surface area (Å²) in [5, 5.41) is 0. The van der Waals surface area contributed by atoms with Crippen molar-refractivity contribution in [2.75, 3.05) is 0 Å². The lowest BCUT2D eigenvalue weighted by atomic mass is 10.0. The molecule has 0 heterocycles. The van der Waals surface area contributed by atoms with E-state index in [0.717, 1.165) is 0 Å². The summed E-state index contributed by atoms with van der Waals surface area (Å²) in [4.78, 5) is 0. The zero-order chi connectivity index (χ0) is 9.14. The molecule has 0 aliphatic heterocycles. The van der Waals surface area contributed by atoms with Gasteiger partial charge < -0.3 is 0 Å². The third-order valence-corrected chi connectivity index (χ3v) is 2.11. The quantitative estimate of drug-likeness (QED) is 0.519. The first-order chi connectivity index (χ1) is 5.59. The number of halogens is 1. The molecule has 0 radical (unpaired) electrons. The van der Waals surface area contributed by atoms with Crippen LogP contribution in [0.1, 0.15) is 16.7 Å². The minimum atomic E-state index is 0.531. The van der Waals surface area contributed by atoms with Gasteiger partial charge in [-0.1, -0.05) is 47.6 Å². The van der Waals surface area contributed by atoms with Crippen molar-refractivity contribution in [3.05, 3.63) is 34.9 Å². The van der Waals surface area contributed by atoms with Crippen molar-refractivity contribution in [3.8, 4) is 0 Å². The summed E-state index contributed by atoms with van der Waals surface area (Å²) < 4.78 is 0.531. The number of hydrogen-bond donors (Lipinski definition) is 0. The Labute approximate surface area is 83.6 Å². The van der Waals surface area contributed by atoms with Gasteiger partial charge in [0.15, 0.2) is 0 Å². The fourth-order valence-electron chi connectivity index (χ4n) is 1.14. The van der Waals surface area contributed by atoms with Gasteiger partial charge in [0, 0.05) is 6.42 Å². The number of rotatable bonds is 2. The topological polar surface area (TPSA) is 0 Å². The van der Waals surface area contributed by atoms with Crippen LogP contribution in [0.4, 0.5) is 0 Å². The second-order valence-corrected chi connectivity index (χ2v) is 4.13. The van der Waals surface area contributed by atoms with E-state index in [9.17, 15) is 0 Å². The van der Waals surface area contributed by atoms with Crippen LogP contribution in [0.25, 0.3) is 0 Å². The maximum Gasteiger partial charge on any atom is 0.0852 e. The first kappa shape index (κ1) is 9.69. The third kappa shape index (κ3) is 2.58. The molecule has 0 aliphatic rings. The minimum Gasteiger partial charge on any atom is -0.0761 e. The highest BCUT2D eigenvalue weighted by Crippen LogP contribution is 2.12. The van der Waals surface area contributed by atoms with Crippen molar-refractivity contribution in [2.45, 2.75) is 20.3 Å². The number of benzene rings is 1. The Morgan fingerprint density at radius 3 is 2.67 bits per heavy atom. The van der Waals surface area contributed by atoms with Crippen molar-refractivity contribution >= 4 is 28.1 Å². The fourth-order valence-corrected chi connectivity index (χ4v) is 1.44. The molecule has 0 bridgehead atoms. The summed E-state index contributed by atoms with van der Waals surface area (Å²) in [5.74, 6) is 0. The second-order valence-electron chi connectivity index (χ2n) is 2.96. The Kier molecular flexibility index (Phi) is 3.24. The highest BCUT2D eigenvalue weighted by atomic mass is 35.5. The maximum absolute atomic E-state index is 5.67. The molecule has 0 atom stereocenters. The van der Waals surface area contributed by atoms with Gasteiger partial charge in [0.2, 0.25) is 0 Å². The predicted octanol–water partition coefficient (Wildman–Crippen LogP) is 3.41. The van der Waals surface area contributed by atoms with Crippen LogP contribution in [0.15, 0.2) is 18.2 Å². The lowest BCUT2D eigenvalue weighted by molar-refractivity contribution is 1.25. The lowest BCUT2D eigenvalue weighted by Gasteiger charge is -2.04. The molecule has 64 valence electrons. The highest BCUT2D eigenvalue weighted by molar-refractivity contribution is 7.83. The van der Waals surface area contributed by atoms with Crippen molar-refractivity contribution in [1.29, 1.82) is 0 Å². The van der Waals surface area contributed by atoms with Crippen LogP contribution >= 0.6 is 23.8 Å². The highest BCUT2D eigenvalue weighted by Gasteiger charge is 2.00. The number of aryl methyl sites for hydroxylation is 2. The summed E-state index contributed by atoms with van der Waals surface area (Å²) in [6.45, 7) is 4.14. The van der Waals surface area contributed by atoms with Gasteiger partial charge in [-0.15, -0.1) is 0 Å². The Morgan fingerprint density at radius 1 is 1.42 bits per heavy atom. The van der Waals surface area contributed by atoms with E-state index < -0.39 is 0 Å². The van der Waals surface area contributed by atoms with Gasteiger partial charge in [-0.2, -0.15) is 0 Å². The minimum absolute atomic E-state index is 0.531. The van der Waals surface area contributed by atoms with Gasteiger partial charge >= 0.3 is 0 Å². The van der Waals surface area contributed by atoms with Crippen LogP contribution in [0.3, 0.4) is 0 Å². The molecule has 1 aromatic carbocycles. The van der Waals surface area contributed by atoms with E-state index in [0.29, 0.717) is 10.7 Å². The molecule has 1 rings (SSSR count). The SMILES string of the molecule is Cc1ccc(C)c(CC(=S)Cl)c1. The first-order valence-electron chi connectivity index (χ1n) is 3.84. The maximum atomic E-state index is 5.67. The van der Waals surface area contributed by atoms with Gasteiger partial charge in [-0.3, -0.25) is 0 Å². The third-order valence-electron chi connectivity index (χ3n) is 1.83.